The van der Waals surface area contributed by atoms with Crippen molar-refractivity contribution in [2.45, 2.75) is 38.5 Å². The highest BCUT2D eigenvalue weighted by Gasteiger charge is 2.42. The number of nitrogens with zero attached hydrogens (tertiary/aromatic N) is 2. The van der Waals surface area contributed by atoms with Crippen molar-refractivity contribution in [2.75, 3.05) is 18.0 Å². The zero-order valence-electron chi connectivity index (χ0n) is 10.9. The Hall–Kier alpha value is -1.49. The molecule has 0 bridgehead atoms. The number of hydrogen-bond acceptors (Lipinski definition) is 2. The van der Waals surface area contributed by atoms with Crippen molar-refractivity contribution in [2.24, 2.45) is 5.41 Å². The Kier molecular flexibility index (Phi) is 2.99. The molecule has 0 unspecified atom stereocenters. The van der Waals surface area contributed by atoms with E-state index in [2.05, 4.69) is 17.0 Å². The summed E-state index contributed by atoms with van der Waals surface area (Å²) in [4.78, 5) is 2.44. The average Bonchev–Trinajstić information content (AvgIpc) is 2.62. The quantitative estimate of drug-likeness (QED) is 0.748. The lowest BCUT2D eigenvalue weighted by Crippen LogP contribution is -2.56. The van der Waals surface area contributed by atoms with Crippen LogP contribution in [0.3, 0.4) is 0 Å². The number of benzene rings is 1. The molecule has 2 aliphatic rings. The summed E-state index contributed by atoms with van der Waals surface area (Å²) in [6.45, 7) is 2.39. The molecule has 1 heterocycles. The lowest BCUT2D eigenvalue weighted by atomic mass is 9.73. The first-order chi connectivity index (χ1) is 8.81. The van der Waals surface area contributed by atoms with Gasteiger partial charge in [0.05, 0.1) is 11.6 Å². The molecule has 1 aliphatic carbocycles. The zero-order chi connectivity index (χ0) is 12.4. The van der Waals surface area contributed by atoms with Crippen molar-refractivity contribution >= 4 is 5.69 Å². The Morgan fingerprint density at radius 3 is 2.44 bits per heavy atom. The van der Waals surface area contributed by atoms with E-state index in [0.717, 1.165) is 5.56 Å². The molecule has 1 aromatic carbocycles. The Morgan fingerprint density at radius 1 is 1.06 bits per heavy atom. The Labute approximate surface area is 109 Å². The second-order valence-corrected chi connectivity index (χ2v) is 5.93. The summed E-state index contributed by atoms with van der Waals surface area (Å²) in [6, 6.07) is 10.2. The molecule has 3 rings (SSSR count). The first-order valence-corrected chi connectivity index (χ1v) is 7.07. The maximum Gasteiger partial charge on any atom is 0.0992 e. The topological polar surface area (TPSA) is 27.0 Å². The molecule has 1 aliphatic heterocycles. The second-order valence-electron chi connectivity index (χ2n) is 5.93. The summed E-state index contributed by atoms with van der Waals surface area (Å²) in [7, 11) is 0. The summed E-state index contributed by atoms with van der Waals surface area (Å²) in [5.74, 6) is 0. The van der Waals surface area contributed by atoms with Crippen LogP contribution >= 0.6 is 0 Å². The molecule has 18 heavy (non-hydrogen) atoms. The van der Waals surface area contributed by atoms with Gasteiger partial charge in [-0.1, -0.05) is 31.7 Å². The van der Waals surface area contributed by atoms with Crippen LogP contribution in [-0.4, -0.2) is 13.1 Å². The van der Waals surface area contributed by atoms with E-state index in [9.17, 15) is 0 Å². The van der Waals surface area contributed by atoms with Crippen molar-refractivity contribution in [3.05, 3.63) is 29.8 Å². The van der Waals surface area contributed by atoms with Crippen LogP contribution in [-0.2, 0) is 0 Å². The monoisotopic (exact) mass is 240 g/mol. The van der Waals surface area contributed by atoms with E-state index in [1.807, 2.05) is 18.2 Å². The van der Waals surface area contributed by atoms with E-state index in [0.29, 0.717) is 5.41 Å². The van der Waals surface area contributed by atoms with Gasteiger partial charge in [-0.15, -0.1) is 0 Å². The van der Waals surface area contributed by atoms with Gasteiger partial charge >= 0.3 is 0 Å². The van der Waals surface area contributed by atoms with Gasteiger partial charge in [0.25, 0.3) is 0 Å². The Bertz CT molecular complexity index is 456. The van der Waals surface area contributed by atoms with Crippen LogP contribution in [0.15, 0.2) is 24.3 Å². The molecule has 1 aromatic rings. The molecular weight excluding hydrogens is 220 g/mol. The van der Waals surface area contributed by atoms with Crippen molar-refractivity contribution in [3.63, 3.8) is 0 Å². The van der Waals surface area contributed by atoms with Gasteiger partial charge in [-0.25, -0.2) is 0 Å². The van der Waals surface area contributed by atoms with E-state index in [1.165, 1.54) is 57.3 Å². The highest BCUT2D eigenvalue weighted by atomic mass is 15.2. The third-order valence-corrected chi connectivity index (χ3v) is 4.56. The fraction of sp³-hybridized carbons (Fsp3) is 0.562. The third-order valence-electron chi connectivity index (χ3n) is 4.56. The molecule has 94 valence electrons. The van der Waals surface area contributed by atoms with E-state index in [1.54, 1.807) is 0 Å². The molecule has 0 N–H and O–H groups in total. The first-order valence-electron chi connectivity index (χ1n) is 7.07. The molecular formula is C16H20N2. The molecule has 0 atom stereocenters. The third kappa shape index (κ3) is 2.10. The van der Waals surface area contributed by atoms with Crippen LogP contribution in [0.4, 0.5) is 5.69 Å². The van der Waals surface area contributed by atoms with Crippen LogP contribution in [0.2, 0.25) is 0 Å². The van der Waals surface area contributed by atoms with Crippen molar-refractivity contribution in [1.29, 1.82) is 5.26 Å². The molecule has 2 heteroatoms. The van der Waals surface area contributed by atoms with Gasteiger partial charge in [0.15, 0.2) is 0 Å². The highest BCUT2D eigenvalue weighted by Crippen LogP contribution is 2.44. The number of nitriles is 1. The van der Waals surface area contributed by atoms with Crippen molar-refractivity contribution < 1.29 is 0 Å². The van der Waals surface area contributed by atoms with E-state index in [-0.39, 0.29) is 0 Å². The second kappa shape index (κ2) is 4.65. The summed E-state index contributed by atoms with van der Waals surface area (Å²) in [6.07, 6.45) is 8.47. The van der Waals surface area contributed by atoms with E-state index in [4.69, 9.17) is 5.26 Å². The van der Waals surface area contributed by atoms with Crippen LogP contribution in [0.5, 0.6) is 0 Å². The minimum Gasteiger partial charge on any atom is -0.370 e. The molecule has 0 amide bonds. The predicted molar refractivity (Wildman–Crippen MR) is 73.5 cm³/mol. The van der Waals surface area contributed by atoms with Crippen molar-refractivity contribution in [1.82, 2.24) is 0 Å². The van der Waals surface area contributed by atoms with Gasteiger partial charge in [0, 0.05) is 24.2 Å². The fourth-order valence-electron chi connectivity index (χ4n) is 3.51. The van der Waals surface area contributed by atoms with Gasteiger partial charge < -0.3 is 4.90 Å². The largest absolute Gasteiger partial charge is 0.370 e. The van der Waals surface area contributed by atoms with Crippen molar-refractivity contribution in [3.8, 4) is 6.07 Å². The standard InChI is InChI=1S/C16H20N2/c17-11-14-6-5-7-15(10-14)18-12-16(13-18)8-3-1-2-4-9-16/h5-7,10H,1-4,8-9,12-13H2. The Balaban J connectivity index is 1.69. The summed E-state index contributed by atoms with van der Waals surface area (Å²) in [5.41, 5.74) is 2.59. The zero-order valence-corrected chi connectivity index (χ0v) is 10.9. The highest BCUT2D eigenvalue weighted by molar-refractivity contribution is 5.54. The van der Waals surface area contributed by atoms with Crippen LogP contribution < -0.4 is 4.90 Å². The van der Waals surface area contributed by atoms with Crippen LogP contribution in [0.25, 0.3) is 0 Å². The van der Waals surface area contributed by atoms with Gasteiger partial charge in [-0.2, -0.15) is 5.26 Å². The van der Waals surface area contributed by atoms with Gasteiger partial charge in [-0.05, 0) is 31.0 Å². The molecule has 1 spiro atoms. The molecule has 1 saturated heterocycles. The maximum atomic E-state index is 8.95. The summed E-state index contributed by atoms with van der Waals surface area (Å²) < 4.78 is 0. The minimum absolute atomic E-state index is 0.596. The van der Waals surface area contributed by atoms with Gasteiger partial charge in [0.1, 0.15) is 0 Å². The maximum absolute atomic E-state index is 8.95. The average molecular weight is 240 g/mol. The Morgan fingerprint density at radius 2 is 1.78 bits per heavy atom. The smallest absolute Gasteiger partial charge is 0.0992 e. The van der Waals surface area contributed by atoms with Crippen LogP contribution in [0.1, 0.15) is 44.1 Å². The molecule has 1 saturated carbocycles. The predicted octanol–water partition coefficient (Wildman–Crippen LogP) is 3.72. The van der Waals surface area contributed by atoms with E-state index >= 15 is 0 Å². The number of anilines is 1. The molecule has 2 nitrogen and oxygen atoms in total. The number of hydrogen-bond donors (Lipinski definition) is 0. The minimum atomic E-state index is 0.596. The molecule has 0 aromatic heterocycles. The fourth-order valence-corrected chi connectivity index (χ4v) is 3.51. The normalized spacial score (nSPS) is 22.1. The van der Waals surface area contributed by atoms with E-state index < -0.39 is 0 Å². The lowest BCUT2D eigenvalue weighted by molar-refractivity contribution is 0.180. The summed E-state index contributed by atoms with van der Waals surface area (Å²) >= 11 is 0. The first kappa shape index (κ1) is 11.6. The van der Waals surface area contributed by atoms with Gasteiger partial charge in [0.2, 0.25) is 0 Å². The van der Waals surface area contributed by atoms with Gasteiger partial charge in [-0.3, -0.25) is 0 Å². The summed E-state index contributed by atoms with van der Waals surface area (Å²) in [5, 5.41) is 8.95. The molecule has 2 fully saturated rings. The van der Waals surface area contributed by atoms with Crippen LogP contribution in [0, 0.1) is 16.7 Å². The number of rotatable bonds is 1. The SMILES string of the molecule is N#Cc1cccc(N2CC3(CCCCCC3)C2)c1. The molecule has 0 radical (unpaired) electrons. The lowest BCUT2D eigenvalue weighted by Gasteiger charge is -2.51.